The van der Waals surface area contributed by atoms with Gasteiger partial charge in [0.1, 0.15) is 11.6 Å². The lowest BCUT2D eigenvalue weighted by Crippen LogP contribution is -2.34. The predicted octanol–water partition coefficient (Wildman–Crippen LogP) is 2.63. The first-order valence-electron chi connectivity index (χ1n) is 5.03. The number of carbonyl (C=O) groups excluding carboxylic acids is 1. The number of amides is 1. The van der Waals surface area contributed by atoms with Gasteiger partial charge in [0.2, 0.25) is 5.91 Å². The average Bonchev–Trinajstić information content (AvgIpc) is 2.14. The summed E-state index contributed by atoms with van der Waals surface area (Å²) in [5, 5.41) is 2.60. The van der Waals surface area contributed by atoms with Gasteiger partial charge in [-0.1, -0.05) is 26.8 Å². The number of hydrogen-bond acceptors (Lipinski definition) is 1. The second-order valence-corrected chi connectivity index (χ2v) is 4.67. The quantitative estimate of drug-likeness (QED) is 0.826. The summed E-state index contributed by atoms with van der Waals surface area (Å²) >= 11 is 0. The van der Waals surface area contributed by atoms with Gasteiger partial charge >= 0.3 is 0 Å². The van der Waals surface area contributed by atoms with E-state index < -0.39 is 17.0 Å². The monoisotopic (exact) mass is 227 g/mol. The van der Waals surface area contributed by atoms with E-state index in [9.17, 15) is 13.6 Å². The van der Waals surface area contributed by atoms with Crippen LogP contribution in [-0.4, -0.2) is 5.91 Å². The third-order valence-electron chi connectivity index (χ3n) is 2.14. The van der Waals surface area contributed by atoms with Crippen molar-refractivity contribution < 1.29 is 13.6 Å². The Bertz CT molecular complexity index is 396. The lowest BCUT2D eigenvalue weighted by atomic mass is 9.95. The van der Waals surface area contributed by atoms with Gasteiger partial charge in [-0.05, 0) is 6.07 Å². The van der Waals surface area contributed by atoms with Crippen molar-refractivity contribution in [1.29, 1.82) is 0 Å². The van der Waals surface area contributed by atoms with Crippen LogP contribution in [0.2, 0.25) is 0 Å². The third-order valence-corrected chi connectivity index (χ3v) is 2.14. The molecule has 1 aromatic rings. The van der Waals surface area contributed by atoms with Crippen molar-refractivity contribution >= 4 is 5.91 Å². The zero-order valence-electron chi connectivity index (χ0n) is 9.60. The molecule has 4 heteroatoms. The van der Waals surface area contributed by atoms with E-state index in [1.54, 1.807) is 20.8 Å². The topological polar surface area (TPSA) is 29.1 Å². The second kappa shape index (κ2) is 4.60. The molecule has 1 aromatic carbocycles. The van der Waals surface area contributed by atoms with E-state index in [1.165, 1.54) is 12.1 Å². The molecule has 0 bridgehead atoms. The molecule has 0 spiro atoms. The van der Waals surface area contributed by atoms with E-state index >= 15 is 0 Å². The molecule has 0 fully saturated rings. The molecular formula is C12H15F2NO. The van der Waals surface area contributed by atoms with Gasteiger partial charge in [-0.15, -0.1) is 0 Å². The first-order chi connectivity index (χ1) is 7.30. The third kappa shape index (κ3) is 3.29. The molecule has 1 amide bonds. The van der Waals surface area contributed by atoms with Crippen LogP contribution in [0.4, 0.5) is 8.78 Å². The summed E-state index contributed by atoms with van der Waals surface area (Å²) in [6, 6.07) is 3.30. The van der Waals surface area contributed by atoms with Crippen LogP contribution in [-0.2, 0) is 11.3 Å². The highest BCUT2D eigenvalue weighted by molar-refractivity contribution is 5.81. The molecule has 0 aromatic heterocycles. The van der Waals surface area contributed by atoms with Crippen molar-refractivity contribution in [3.63, 3.8) is 0 Å². The fourth-order valence-corrected chi connectivity index (χ4v) is 1.11. The second-order valence-electron chi connectivity index (χ2n) is 4.67. The van der Waals surface area contributed by atoms with Crippen LogP contribution in [0.3, 0.4) is 0 Å². The summed E-state index contributed by atoms with van der Waals surface area (Å²) in [7, 11) is 0. The summed E-state index contributed by atoms with van der Waals surface area (Å²) in [5.41, 5.74) is -0.241. The maximum absolute atomic E-state index is 13.2. The van der Waals surface area contributed by atoms with Crippen LogP contribution >= 0.6 is 0 Å². The number of halogens is 2. The van der Waals surface area contributed by atoms with Gasteiger partial charge in [-0.3, -0.25) is 4.79 Å². The molecule has 0 atom stereocenters. The summed E-state index contributed by atoms with van der Waals surface area (Å²) in [5.74, 6) is -1.44. The molecule has 88 valence electrons. The summed E-state index contributed by atoms with van der Waals surface area (Å²) in [6.45, 7) is 5.37. The van der Waals surface area contributed by atoms with E-state index in [-0.39, 0.29) is 18.0 Å². The van der Waals surface area contributed by atoms with E-state index in [4.69, 9.17) is 0 Å². The Labute approximate surface area is 93.7 Å². The SMILES string of the molecule is CC(C)(C)C(=O)NCc1ccc(F)cc1F. The van der Waals surface area contributed by atoms with Crippen molar-refractivity contribution in [3.05, 3.63) is 35.4 Å². The molecule has 0 saturated carbocycles. The van der Waals surface area contributed by atoms with E-state index in [0.717, 1.165) is 6.07 Å². The summed E-state index contributed by atoms with van der Waals surface area (Å²) < 4.78 is 25.8. The maximum Gasteiger partial charge on any atom is 0.225 e. The lowest BCUT2D eigenvalue weighted by molar-refractivity contribution is -0.128. The lowest BCUT2D eigenvalue weighted by Gasteiger charge is -2.17. The standard InChI is InChI=1S/C12H15F2NO/c1-12(2,3)11(16)15-7-8-4-5-9(13)6-10(8)14/h4-6H,7H2,1-3H3,(H,15,16). The van der Waals surface area contributed by atoms with Gasteiger partial charge in [0.25, 0.3) is 0 Å². The molecule has 0 unspecified atom stereocenters. The molecule has 0 aliphatic rings. The van der Waals surface area contributed by atoms with Gasteiger partial charge in [0, 0.05) is 23.6 Å². The largest absolute Gasteiger partial charge is 0.351 e. The zero-order valence-corrected chi connectivity index (χ0v) is 9.60. The molecule has 0 radical (unpaired) electrons. The van der Waals surface area contributed by atoms with Crippen molar-refractivity contribution in [2.75, 3.05) is 0 Å². The number of carbonyl (C=O) groups is 1. The minimum Gasteiger partial charge on any atom is -0.351 e. The number of rotatable bonds is 2. The first kappa shape index (κ1) is 12.6. The van der Waals surface area contributed by atoms with Gasteiger partial charge in [-0.2, -0.15) is 0 Å². The van der Waals surface area contributed by atoms with Crippen molar-refractivity contribution in [1.82, 2.24) is 5.32 Å². The molecule has 0 aliphatic carbocycles. The zero-order chi connectivity index (χ0) is 12.3. The van der Waals surface area contributed by atoms with Gasteiger partial charge in [0.05, 0.1) is 0 Å². The van der Waals surface area contributed by atoms with Gasteiger partial charge < -0.3 is 5.32 Å². The molecule has 0 heterocycles. The number of benzene rings is 1. The molecule has 2 nitrogen and oxygen atoms in total. The molecule has 1 rings (SSSR count). The fraction of sp³-hybridized carbons (Fsp3) is 0.417. The number of nitrogens with one attached hydrogen (secondary N) is 1. The van der Waals surface area contributed by atoms with Crippen LogP contribution in [0.1, 0.15) is 26.3 Å². The van der Waals surface area contributed by atoms with E-state index in [1.807, 2.05) is 0 Å². The van der Waals surface area contributed by atoms with Crippen LogP contribution in [0.15, 0.2) is 18.2 Å². The van der Waals surface area contributed by atoms with Crippen LogP contribution in [0, 0.1) is 17.0 Å². The first-order valence-corrected chi connectivity index (χ1v) is 5.03. The summed E-state index contributed by atoms with van der Waals surface area (Å²) in [4.78, 5) is 11.5. The van der Waals surface area contributed by atoms with Gasteiger partial charge in [0.15, 0.2) is 0 Å². The van der Waals surface area contributed by atoms with Crippen molar-refractivity contribution in [2.24, 2.45) is 5.41 Å². The predicted molar refractivity (Wildman–Crippen MR) is 57.7 cm³/mol. The highest BCUT2D eigenvalue weighted by atomic mass is 19.1. The Morgan fingerprint density at radius 3 is 2.44 bits per heavy atom. The smallest absolute Gasteiger partial charge is 0.225 e. The van der Waals surface area contributed by atoms with Crippen molar-refractivity contribution in [3.8, 4) is 0 Å². The molecular weight excluding hydrogens is 212 g/mol. The average molecular weight is 227 g/mol. The Kier molecular flexibility index (Phi) is 3.62. The van der Waals surface area contributed by atoms with Gasteiger partial charge in [-0.25, -0.2) is 8.78 Å². The van der Waals surface area contributed by atoms with Crippen LogP contribution in [0.25, 0.3) is 0 Å². The fourth-order valence-electron chi connectivity index (χ4n) is 1.11. The Hall–Kier alpha value is -1.45. The Balaban J connectivity index is 2.65. The summed E-state index contributed by atoms with van der Waals surface area (Å²) in [6.07, 6.45) is 0. The van der Waals surface area contributed by atoms with Crippen LogP contribution in [0.5, 0.6) is 0 Å². The number of hydrogen-bond donors (Lipinski definition) is 1. The van der Waals surface area contributed by atoms with Crippen LogP contribution < -0.4 is 5.32 Å². The molecule has 1 N–H and O–H groups in total. The van der Waals surface area contributed by atoms with E-state index in [2.05, 4.69) is 5.32 Å². The van der Waals surface area contributed by atoms with Crippen molar-refractivity contribution in [2.45, 2.75) is 27.3 Å². The molecule has 0 aliphatic heterocycles. The highest BCUT2D eigenvalue weighted by Gasteiger charge is 2.20. The Morgan fingerprint density at radius 1 is 1.31 bits per heavy atom. The van der Waals surface area contributed by atoms with E-state index in [0.29, 0.717) is 0 Å². The highest BCUT2D eigenvalue weighted by Crippen LogP contribution is 2.14. The minimum absolute atomic E-state index is 0.0716. The normalized spacial score (nSPS) is 11.3. The molecule has 16 heavy (non-hydrogen) atoms. The molecule has 0 saturated heterocycles. The minimum atomic E-state index is -0.644. The Morgan fingerprint density at radius 2 is 1.94 bits per heavy atom. The maximum atomic E-state index is 13.2.